The number of carbonyl (C=O) groups excluding carboxylic acids is 2. The van der Waals surface area contributed by atoms with Crippen molar-refractivity contribution in [2.24, 2.45) is 0 Å². The second-order valence-electron chi connectivity index (χ2n) is 7.67. The molecular formula is C23H26ClN3O3S. The minimum Gasteiger partial charge on any atom is -0.494 e. The molecular weight excluding hydrogens is 434 g/mol. The van der Waals surface area contributed by atoms with Crippen molar-refractivity contribution in [3.05, 3.63) is 53.1 Å². The topological polar surface area (TPSA) is 61.9 Å². The smallest absolute Gasteiger partial charge is 0.238 e. The van der Waals surface area contributed by atoms with Gasteiger partial charge in [-0.05, 0) is 42.8 Å². The number of anilines is 1. The quantitative estimate of drug-likeness (QED) is 0.710. The van der Waals surface area contributed by atoms with Crippen LogP contribution < -0.4 is 10.1 Å². The fourth-order valence-corrected chi connectivity index (χ4v) is 5.07. The summed E-state index contributed by atoms with van der Waals surface area (Å²) in [5.41, 5.74) is 1.95. The number of piperazine rings is 1. The highest BCUT2D eigenvalue weighted by molar-refractivity contribution is 8.01. The lowest BCUT2D eigenvalue weighted by Gasteiger charge is -2.35. The van der Waals surface area contributed by atoms with Crippen LogP contribution in [0.3, 0.4) is 0 Å². The summed E-state index contributed by atoms with van der Waals surface area (Å²) in [6.45, 7) is 6.51. The molecule has 2 amide bonds. The third-order valence-electron chi connectivity index (χ3n) is 5.49. The summed E-state index contributed by atoms with van der Waals surface area (Å²) in [4.78, 5) is 30.4. The van der Waals surface area contributed by atoms with E-state index >= 15 is 0 Å². The summed E-state index contributed by atoms with van der Waals surface area (Å²) >= 11 is 7.43. The molecule has 1 atom stereocenters. The van der Waals surface area contributed by atoms with Crippen LogP contribution in [-0.4, -0.2) is 59.7 Å². The van der Waals surface area contributed by atoms with Crippen molar-refractivity contribution in [1.29, 1.82) is 0 Å². The lowest BCUT2D eigenvalue weighted by Crippen LogP contribution is -2.49. The Bertz CT molecular complexity index is 946. The van der Waals surface area contributed by atoms with Crippen molar-refractivity contribution in [3.8, 4) is 5.75 Å². The molecule has 6 nitrogen and oxygen atoms in total. The molecule has 1 N–H and O–H groups in total. The number of hydrogen-bond donors (Lipinski definition) is 1. The number of benzene rings is 2. The van der Waals surface area contributed by atoms with E-state index in [0.29, 0.717) is 30.4 Å². The third-order valence-corrected chi connectivity index (χ3v) is 7.00. The first kappa shape index (κ1) is 22.0. The first-order valence-corrected chi connectivity index (χ1v) is 11.8. The average Bonchev–Trinajstić information content (AvgIpc) is 2.76. The highest BCUT2D eigenvalue weighted by Crippen LogP contribution is 2.38. The molecule has 2 aliphatic rings. The largest absolute Gasteiger partial charge is 0.494 e. The van der Waals surface area contributed by atoms with Gasteiger partial charge in [-0.25, -0.2) is 0 Å². The van der Waals surface area contributed by atoms with E-state index < -0.39 is 5.25 Å². The second kappa shape index (κ2) is 9.94. The molecule has 1 saturated heterocycles. The number of hydrogen-bond acceptors (Lipinski definition) is 5. The molecule has 2 aromatic rings. The molecule has 0 spiro atoms. The van der Waals surface area contributed by atoms with Crippen LogP contribution in [0, 0.1) is 0 Å². The fraction of sp³-hybridized carbons (Fsp3) is 0.391. The Balaban J connectivity index is 1.26. The molecule has 4 rings (SSSR count). The lowest BCUT2D eigenvalue weighted by atomic mass is 10.1. The van der Waals surface area contributed by atoms with Crippen LogP contribution in [-0.2, 0) is 16.1 Å². The van der Waals surface area contributed by atoms with Crippen molar-refractivity contribution in [2.75, 3.05) is 38.1 Å². The number of nitrogens with one attached hydrogen (secondary N) is 1. The van der Waals surface area contributed by atoms with Crippen LogP contribution >= 0.6 is 23.4 Å². The van der Waals surface area contributed by atoms with Crippen LogP contribution in [0.2, 0.25) is 5.02 Å². The highest BCUT2D eigenvalue weighted by Gasteiger charge is 2.31. The van der Waals surface area contributed by atoms with E-state index in [2.05, 4.69) is 22.3 Å². The number of rotatable bonds is 6. The Morgan fingerprint density at radius 3 is 2.61 bits per heavy atom. The van der Waals surface area contributed by atoms with E-state index in [1.165, 1.54) is 17.3 Å². The predicted molar refractivity (Wildman–Crippen MR) is 124 cm³/mol. The maximum atomic E-state index is 12.8. The van der Waals surface area contributed by atoms with Gasteiger partial charge in [0, 0.05) is 49.1 Å². The van der Waals surface area contributed by atoms with E-state index in [4.69, 9.17) is 16.3 Å². The zero-order chi connectivity index (χ0) is 21.8. The molecule has 0 saturated carbocycles. The number of fused-ring (bicyclic) bond motifs is 1. The molecule has 2 aliphatic heterocycles. The lowest BCUT2D eigenvalue weighted by molar-refractivity contribution is -0.134. The van der Waals surface area contributed by atoms with Crippen molar-refractivity contribution >= 4 is 40.9 Å². The summed E-state index contributed by atoms with van der Waals surface area (Å²) in [5, 5.41) is 3.04. The molecule has 8 heteroatoms. The Labute approximate surface area is 191 Å². The summed E-state index contributed by atoms with van der Waals surface area (Å²) in [5.74, 6) is 0.782. The molecule has 1 fully saturated rings. The van der Waals surface area contributed by atoms with Gasteiger partial charge in [0.1, 0.15) is 5.75 Å². The second-order valence-corrected chi connectivity index (χ2v) is 9.36. The number of ether oxygens (including phenoxy) is 1. The minimum atomic E-state index is -0.414. The number of amides is 2. The van der Waals surface area contributed by atoms with Crippen molar-refractivity contribution in [1.82, 2.24) is 9.80 Å². The molecule has 164 valence electrons. The zero-order valence-electron chi connectivity index (χ0n) is 17.5. The molecule has 2 heterocycles. The zero-order valence-corrected chi connectivity index (χ0v) is 19.0. The first-order chi connectivity index (χ1) is 15.0. The Hall–Kier alpha value is -2.22. The monoisotopic (exact) mass is 459 g/mol. The molecule has 0 radical (unpaired) electrons. The van der Waals surface area contributed by atoms with Gasteiger partial charge in [-0.3, -0.25) is 14.5 Å². The average molecular weight is 460 g/mol. The van der Waals surface area contributed by atoms with E-state index in [1.54, 1.807) is 12.1 Å². The van der Waals surface area contributed by atoms with Gasteiger partial charge in [-0.15, -0.1) is 11.8 Å². The van der Waals surface area contributed by atoms with Crippen molar-refractivity contribution in [2.45, 2.75) is 30.0 Å². The molecule has 0 aliphatic carbocycles. The molecule has 1 unspecified atom stereocenters. The van der Waals surface area contributed by atoms with Crippen molar-refractivity contribution < 1.29 is 14.3 Å². The standard InChI is InChI=1S/C23H26ClN3O3S/c1-2-30-18-6-3-16(4-7-18)15-26-9-11-27(12-10-26)22(28)14-21-23(29)25-19-13-17(24)5-8-20(19)31-21/h3-8,13,21H,2,9-12,14-15H2,1H3,(H,25,29). The summed E-state index contributed by atoms with van der Waals surface area (Å²) in [6.07, 6.45) is 0.206. The van der Waals surface area contributed by atoms with Gasteiger partial charge in [0.2, 0.25) is 11.8 Å². The van der Waals surface area contributed by atoms with E-state index in [-0.39, 0.29) is 18.2 Å². The minimum absolute atomic E-state index is 0.0331. The Morgan fingerprint density at radius 1 is 1.16 bits per heavy atom. The van der Waals surface area contributed by atoms with Crippen LogP contribution in [0.1, 0.15) is 18.9 Å². The summed E-state index contributed by atoms with van der Waals surface area (Å²) < 4.78 is 5.49. The molecule has 0 bridgehead atoms. The van der Waals surface area contributed by atoms with E-state index in [0.717, 1.165) is 30.3 Å². The maximum Gasteiger partial charge on any atom is 0.238 e. The van der Waals surface area contributed by atoms with Gasteiger partial charge < -0.3 is 15.0 Å². The number of carbonyl (C=O) groups is 2. The summed E-state index contributed by atoms with van der Waals surface area (Å²) in [7, 11) is 0. The van der Waals surface area contributed by atoms with Gasteiger partial charge in [0.15, 0.2) is 0 Å². The van der Waals surface area contributed by atoms with Crippen molar-refractivity contribution in [3.63, 3.8) is 0 Å². The van der Waals surface area contributed by atoms with Crippen LogP contribution in [0.4, 0.5) is 5.69 Å². The van der Waals surface area contributed by atoms with Crippen LogP contribution in [0.5, 0.6) is 5.75 Å². The fourth-order valence-electron chi connectivity index (χ4n) is 3.82. The normalized spacial score (nSPS) is 19.0. The number of halogens is 1. The Kier molecular flexibility index (Phi) is 7.05. The highest BCUT2D eigenvalue weighted by atomic mass is 35.5. The number of thioether (sulfide) groups is 1. The first-order valence-electron chi connectivity index (χ1n) is 10.5. The van der Waals surface area contributed by atoms with Gasteiger partial charge in [0.05, 0.1) is 17.5 Å². The van der Waals surface area contributed by atoms with Gasteiger partial charge in [-0.1, -0.05) is 23.7 Å². The van der Waals surface area contributed by atoms with E-state index in [1.807, 2.05) is 30.0 Å². The summed E-state index contributed by atoms with van der Waals surface area (Å²) in [6, 6.07) is 13.6. The van der Waals surface area contributed by atoms with Gasteiger partial charge in [0.25, 0.3) is 0 Å². The maximum absolute atomic E-state index is 12.8. The van der Waals surface area contributed by atoms with Gasteiger partial charge in [-0.2, -0.15) is 0 Å². The van der Waals surface area contributed by atoms with E-state index in [9.17, 15) is 9.59 Å². The Morgan fingerprint density at radius 2 is 1.90 bits per heavy atom. The molecule has 2 aromatic carbocycles. The van der Waals surface area contributed by atoms with Crippen LogP contribution in [0.25, 0.3) is 0 Å². The molecule has 0 aromatic heterocycles. The SMILES string of the molecule is CCOc1ccc(CN2CCN(C(=O)CC3Sc4ccc(Cl)cc4NC3=O)CC2)cc1. The van der Waals surface area contributed by atoms with Crippen LogP contribution in [0.15, 0.2) is 47.4 Å². The third kappa shape index (κ3) is 5.53. The molecule has 31 heavy (non-hydrogen) atoms. The number of nitrogens with zero attached hydrogens (tertiary/aromatic N) is 2. The van der Waals surface area contributed by atoms with Gasteiger partial charge >= 0.3 is 0 Å². The predicted octanol–water partition coefficient (Wildman–Crippen LogP) is 3.89.